The second-order valence-corrected chi connectivity index (χ2v) is 7.04. The van der Waals surface area contributed by atoms with Crippen molar-refractivity contribution in [1.82, 2.24) is 5.32 Å². The maximum Gasteiger partial charge on any atom is 0.307 e. The second-order valence-electron chi connectivity index (χ2n) is 7.04. The van der Waals surface area contributed by atoms with Crippen molar-refractivity contribution in [2.24, 2.45) is 11.8 Å². The summed E-state index contributed by atoms with van der Waals surface area (Å²) >= 11 is 0. The van der Waals surface area contributed by atoms with Crippen LogP contribution in [0.3, 0.4) is 0 Å². The number of hydrogen-bond donors (Lipinski definition) is 2. The van der Waals surface area contributed by atoms with Crippen molar-refractivity contribution < 1.29 is 24.2 Å². The van der Waals surface area contributed by atoms with Crippen molar-refractivity contribution in [2.45, 2.75) is 52.0 Å². The highest BCUT2D eigenvalue weighted by Crippen LogP contribution is 2.32. The number of nitrogens with one attached hydrogen (secondary N) is 1. The summed E-state index contributed by atoms with van der Waals surface area (Å²) in [6.45, 7) is 3.87. The summed E-state index contributed by atoms with van der Waals surface area (Å²) in [5.41, 5.74) is 2.84. The number of rotatable bonds is 6. The molecule has 2 N–H and O–H groups in total. The van der Waals surface area contributed by atoms with Crippen molar-refractivity contribution in [3.63, 3.8) is 0 Å². The van der Waals surface area contributed by atoms with Gasteiger partial charge in [0.25, 0.3) is 0 Å². The predicted molar refractivity (Wildman–Crippen MR) is 96.5 cm³/mol. The SMILES string of the molecule is COC(=O)C[C@H](NC(=O)[C@H]1CCCC[C@@H]1C(=O)O)c1cc(C)ccc1C. The van der Waals surface area contributed by atoms with Gasteiger partial charge in [0.05, 0.1) is 31.4 Å². The Morgan fingerprint density at radius 1 is 1.19 bits per heavy atom. The molecule has 1 fully saturated rings. The highest BCUT2D eigenvalue weighted by Gasteiger charge is 2.36. The third-order valence-electron chi connectivity index (χ3n) is 5.15. The molecule has 1 aromatic carbocycles. The lowest BCUT2D eigenvalue weighted by molar-refractivity contribution is -0.149. The fraction of sp³-hybridized carbons (Fsp3) is 0.550. The first-order valence-electron chi connectivity index (χ1n) is 9.00. The predicted octanol–water partition coefficient (Wildman–Crippen LogP) is 2.91. The van der Waals surface area contributed by atoms with E-state index >= 15 is 0 Å². The molecule has 0 unspecified atom stereocenters. The summed E-state index contributed by atoms with van der Waals surface area (Å²) in [5, 5.41) is 12.3. The molecule has 0 heterocycles. The van der Waals surface area contributed by atoms with Crippen molar-refractivity contribution in [3.05, 3.63) is 34.9 Å². The molecular weight excluding hydrogens is 334 g/mol. The maximum atomic E-state index is 12.8. The Morgan fingerprint density at radius 2 is 1.85 bits per heavy atom. The normalized spacial score (nSPS) is 20.9. The monoisotopic (exact) mass is 361 g/mol. The van der Waals surface area contributed by atoms with Gasteiger partial charge in [-0.05, 0) is 37.8 Å². The van der Waals surface area contributed by atoms with Crippen LogP contribution < -0.4 is 5.32 Å². The number of benzene rings is 1. The molecule has 6 nitrogen and oxygen atoms in total. The van der Waals surface area contributed by atoms with Gasteiger partial charge in [0.15, 0.2) is 0 Å². The van der Waals surface area contributed by atoms with Crippen molar-refractivity contribution in [2.75, 3.05) is 7.11 Å². The molecule has 6 heteroatoms. The van der Waals surface area contributed by atoms with Gasteiger partial charge in [-0.25, -0.2) is 0 Å². The lowest BCUT2D eigenvalue weighted by Crippen LogP contribution is -2.41. The highest BCUT2D eigenvalue weighted by atomic mass is 16.5. The van der Waals surface area contributed by atoms with E-state index in [-0.39, 0.29) is 12.3 Å². The van der Waals surface area contributed by atoms with Crippen LogP contribution in [0.2, 0.25) is 0 Å². The number of ether oxygens (including phenoxy) is 1. The van der Waals surface area contributed by atoms with Gasteiger partial charge >= 0.3 is 11.9 Å². The Bertz CT molecular complexity index is 685. The van der Waals surface area contributed by atoms with Crippen LogP contribution in [0.1, 0.15) is 54.8 Å². The fourth-order valence-electron chi connectivity index (χ4n) is 3.64. The number of amides is 1. The summed E-state index contributed by atoms with van der Waals surface area (Å²) < 4.78 is 4.77. The number of hydrogen-bond acceptors (Lipinski definition) is 4. The standard InChI is InChI=1S/C20H27NO5/c1-12-8-9-13(2)16(10-12)17(11-18(22)26-3)21-19(23)14-6-4-5-7-15(14)20(24)25/h8-10,14-15,17H,4-7,11H2,1-3H3,(H,21,23)(H,24,25)/t14-,15-,17-/m0/s1. The van der Waals surface area contributed by atoms with Gasteiger partial charge in [0, 0.05) is 0 Å². The molecule has 3 atom stereocenters. The highest BCUT2D eigenvalue weighted by molar-refractivity contribution is 5.85. The molecule has 26 heavy (non-hydrogen) atoms. The van der Waals surface area contributed by atoms with Crippen molar-refractivity contribution in [1.29, 1.82) is 0 Å². The number of carbonyl (C=O) groups is 3. The van der Waals surface area contributed by atoms with E-state index in [4.69, 9.17) is 4.74 Å². The number of aliphatic carboxylic acids is 1. The molecule has 1 amide bonds. The first kappa shape index (κ1) is 19.9. The molecule has 0 bridgehead atoms. The Balaban J connectivity index is 2.25. The summed E-state index contributed by atoms with van der Waals surface area (Å²) in [6, 6.07) is 5.32. The minimum Gasteiger partial charge on any atom is -0.481 e. The zero-order chi connectivity index (χ0) is 19.3. The Hall–Kier alpha value is -2.37. The van der Waals surface area contributed by atoms with Crippen molar-refractivity contribution >= 4 is 17.8 Å². The van der Waals surface area contributed by atoms with Gasteiger partial charge in [-0.1, -0.05) is 36.6 Å². The van der Waals surface area contributed by atoms with Gasteiger partial charge < -0.3 is 15.2 Å². The molecule has 0 saturated heterocycles. The van der Waals surface area contributed by atoms with Gasteiger partial charge in [0.1, 0.15) is 0 Å². The number of aryl methyl sites for hydroxylation is 2. The minimum absolute atomic E-state index is 0.0109. The van der Waals surface area contributed by atoms with Crippen molar-refractivity contribution in [3.8, 4) is 0 Å². The first-order chi connectivity index (χ1) is 12.3. The van der Waals surface area contributed by atoms with Gasteiger partial charge in [0.2, 0.25) is 5.91 Å². The molecule has 2 rings (SSSR count). The van der Waals surface area contributed by atoms with Crippen LogP contribution in [0.4, 0.5) is 0 Å². The van der Waals surface area contributed by atoms with Crippen LogP contribution in [-0.2, 0) is 19.1 Å². The maximum absolute atomic E-state index is 12.8. The zero-order valence-electron chi connectivity index (χ0n) is 15.6. The van der Waals surface area contributed by atoms with Crippen LogP contribution in [0.5, 0.6) is 0 Å². The largest absolute Gasteiger partial charge is 0.481 e. The molecular formula is C20H27NO5. The van der Waals surface area contributed by atoms with Crippen LogP contribution in [0.25, 0.3) is 0 Å². The number of carboxylic acids is 1. The fourth-order valence-corrected chi connectivity index (χ4v) is 3.64. The van der Waals surface area contributed by atoms with E-state index in [9.17, 15) is 19.5 Å². The van der Waals surface area contributed by atoms with Gasteiger partial charge in [-0.2, -0.15) is 0 Å². The molecule has 1 aromatic rings. The van der Waals surface area contributed by atoms with E-state index in [2.05, 4.69) is 5.32 Å². The van der Waals surface area contributed by atoms with E-state index in [1.807, 2.05) is 32.0 Å². The Kier molecular flexibility index (Phi) is 6.77. The zero-order valence-corrected chi connectivity index (χ0v) is 15.6. The lowest BCUT2D eigenvalue weighted by Gasteiger charge is -2.30. The molecule has 1 saturated carbocycles. The third kappa shape index (κ3) is 4.84. The lowest BCUT2D eigenvalue weighted by atomic mass is 9.78. The van der Waals surface area contributed by atoms with E-state index in [0.717, 1.165) is 29.5 Å². The van der Waals surface area contributed by atoms with Crippen LogP contribution in [0, 0.1) is 25.7 Å². The molecule has 142 valence electrons. The molecule has 1 aliphatic rings. The Labute approximate surface area is 153 Å². The average Bonchev–Trinajstić information content (AvgIpc) is 2.62. The van der Waals surface area contributed by atoms with Gasteiger partial charge in [-0.15, -0.1) is 0 Å². The number of methoxy groups -OCH3 is 1. The van der Waals surface area contributed by atoms with Crippen LogP contribution >= 0.6 is 0 Å². The third-order valence-corrected chi connectivity index (χ3v) is 5.15. The minimum atomic E-state index is -0.930. The number of carbonyl (C=O) groups excluding carboxylic acids is 2. The number of carboxylic acid groups (broad SMARTS) is 1. The van der Waals surface area contributed by atoms with Crippen LogP contribution in [-0.4, -0.2) is 30.1 Å². The van der Waals surface area contributed by atoms with Gasteiger partial charge in [-0.3, -0.25) is 14.4 Å². The Morgan fingerprint density at radius 3 is 2.46 bits per heavy atom. The molecule has 0 aliphatic heterocycles. The molecule has 1 aliphatic carbocycles. The number of esters is 1. The first-order valence-corrected chi connectivity index (χ1v) is 9.00. The van der Waals surface area contributed by atoms with E-state index in [1.165, 1.54) is 7.11 Å². The quantitative estimate of drug-likeness (QED) is 0.760. The summed E-state index contributed by atoms with van der Waals surface area (Å²) in [7, 11) is 1.31. The second kappa shape index (κ2) is 8.83. The molecule has 0 radical (unpaired) electrons. The summed E-state index contributed by atoms with van der Waals surface area (Å²) in [5.74, 6) is -2.88. The molecule has 0 aromatic heterocycles. The van der Waals surface area contributed by atoms with E-state index < -0.39 is 29.8 Å². The topological polar surface area (TPSA) is 92.7 Å². The average molecular weight is 361 g/mol. The molecule has 0 spiro atoms. The van der Waals surface area contributed by atoms with E-state index in [1.54, 1.807) is 0 Å². The van der Waals surface area contributed by atoms with E-state index in [0.29, 0.717) is 12.8 Å². The smallest absolute Gasteiger partial charge is 0.307 e. The summed E-state index contributed by atoms with van der Waals surface area (Å²) in [4.78, 5) is 36.2. The summed E-state index contributed by atoms with van der Waals surface area (Å²) in [6.07, 6.45) is 2.74. The van der Waals surface area contributed by atoms with Crippen LogP contribution in [0.15, 0.2) is 18.2 Å².